The molecular weight excluding hydrogens is 363 g/mol. The summed E-state index contributed by atoms with van der Waals surface area (Å²) >= 11 is 0. The van der Waals surface area contributed by atoms with Gasteiger partial charge in [-0.2, -0.15) is 13.2 Å². The maximum atomic E-state index is 12.3. The largest absolute Gasteiger partial charge is 0.484 e. The first-order valence-corrected chi connectivity index (χ1v) is 8.35. The van der Waals surface area contributed by atoms with Crippen LogP contribution in [0.2, 0.25) is 0 Å². The Balaban J connectivity index is 1.83. The fourth-order valence-corrected chi connectivity index (χ4v) is 3.12. The molecule has 2 aromatic rings. The Morgan fingerprint density at radius 2 is 2.11 bits per heavy atom. The highest BCUT2D eigenvalue weighted by molar-refractivity contribution is 5.92. The number of ether oxygens (including phenoxy) is 1. The van der Waals surface area contributed by atoms with Gasteiger partial charge >= 0.3 is 6.18 Å². The first-order valence-electron chi connectivity index (χ1n) is 8.35. The van der Waals surface area contributed by atoms with E-state index in [2.05, 4.69) is 10.3 Å². The number of primary amides is 1. The second kappa shape index (κ2) is 7.34. The van der Waals surface area contributed by atoms with Crippen LogP contribution in [0.4, 0.5) is 18.9 Å². The molecular formula is C18H18F3N3O3. The second-order valence-corrected chi connectivity index (χ2v) is 6.33. The molecule has 0 spiro atoms. The number of hydrogen-bond donors (Lipinski definition) is 3. The number of fused-ring (bicyclic) bond motifs is 1. The van der Waals surface area contributed by atoms with Crippen LogP contribution in [-0.4, -0.2) is 23.7 Å². The van der Waals surface area contributed by atoms with Crippen molar-refractivity contribution < 1.29 is 22.7 Å². The molecule has 6 nitrogen and oxygen atoms in total. The van der Waals surface area contributed by atoms with E-state index < -0.39 is 24.2 Å². The summed E-state index contributed by atoms with van der Waals surface area (Å²) in [5, 5.41) is 3.22. The van der Waals surface area contributed by atoms with Gasteiger partial charge in [-0.3, -0.25) is 9.59 Å². The molecule has 1 aliphatic carbocycles. The maximum absolute atomic E-state index is 12.3. The summed E-state index contributed by atoms with van der Waals surface area (Å²) in [6.45, 7) is -1.37. The second-order valence-electron chi connectivity index (χ2n) is 6.33. The van der Waals surface area contributed by atoms with Crippen molar-refractivity contribution in [1.82, 2.24) is 4.98 Å². The third kappa shape index (κ3) is 4.60. The number of aromatic nitrogens is 1. The minimum Gasteiger partial charge on any atom is -0.484 e. The lowest BCUT2D eigenvalue weighted by Gasteiger charge is -2.27. The Labute approximate surface area is 152 Å². The first kappa shape index (κ1) is 18.8. The number of pyridine rings is 1. The van der Waals surface area contributed by atoms with E-state index in [1.807, 2.05) is 0 Å². The zero-order valence-corrected chi connectivity index (χ0v) is 14.2. The van der Waals surface area contributed by atoms with E-state index in [1.165, 1.54) is 18.2 Å². The van der Waals surface area contributed by atoms with E-state index >= 15 is 0 Å². The van der Waals surface area contributed by atoms with Crippen molar-refractivity contribution in [2.24, 2.45) is 5.73 Å². The zero-order valence-electron chi connectivity index (χ0n) is 14.2. The molecule has 0 unspecified atom stereocenters. The molecule has 1 heterocycles. The number of H-pyrrole nitrogens is 1. The Hall–Kier alpha value is -2.97. The topological polar surface area (TPSA) is 97.2 Å². The highest BCUT2D eigenvalue weighted by Gasteiger charge is 2.28. The molecule has 1 aliphatic rings. The molecule has 0 saturated heterocycles. The molecule has 1 aromatic carbocycles. The fourth-order valence-electron chi connectivity index (χ4n) is 3.12. The number of nitrogens with one attached hydrogen (secondary N) is 2. The van der Waals surface area contributed by atoms with Crippen molar-refractivity contribution in [3.8, 4) is 5.75 Å². The number of amides is 1. The van der Waals surface area contributed by atoms with Crippen molar-refractivity contribution in [2.45, 2.75) is 31.5 Å². The molecule has 0 bridgehead atoms. The summed E-state index contributed by atoms with van der Waals surface area (Å²) in [4.78, 5) is 26.0. The predicted octanol–water partition coefficient (Wildman–Crippen LogP) is 2.90. The summed E-state index contributed by atoms with van der Waals surface area (Å²) in [5.74, 6) is -0.724. The normalized spacial score (nSPS) is 16.5. The smallest absolute Gasteiger partial charge is 0.422 e. The van der Waals surface area contributed by atoms with Gasteiger partial charge in [0.2, 0.25) is 0 Å². The van der Waals surface area contributed by atoms with Gasteiger partial charge in [-0.1, -0.05) is 6.07 Å². The van der Waals surface area contributed by atoms with Crippen molar-refractivity contribution in [3.05, 3.63) is 57.5 Å². The van der Waals surface area contributed by atoms with Gasteiger partial charge in [0.05, 0.1) is 6.04 Å². The van der Waals surface area contributed by atoms with E-state index in [0.29, 0.717) is 12.1 Å². The van der Waals surface area contributed by atoms with Crippen LogP contribution < -0.4 is 21.3 Å². The summed E-state index contributed by atoms with van der Waals surface area (Å²) in [6, 6.07) is 7.46. The number of benzene rings is 1. The lowest BCUT2D eigenvalue weighted by molar-refractivity contribution is -0.153. The molecule has 144 valence electrons. The third-order valence-electron chi connectivity index (χ3n) is 4.30. The van der Waals surface area contributed by atoms with Crippen LogP contribution in [0.15, 0.2) is 35.1 Å². The van der Waals surface area contributed by atoms with Gasteiger partial charge in [-0.05, 0) is 43.0 Å². The van der Waals surface area contributed by atoms with E-state index in [9.17, 15) is 22.8 Å². The van der Waals surface area contributed by atoms with Gasteiger partial charge in [-0.15, -0.1) is 0 Å². The molecule has 1 atom stereocenters. The van der Waals surface area contributed by atoms with Crippen molar-refractivity contribution in [1.29, 1.82) is 0 Å². The Morgan fingerprint density at radius 1 is 1.33 bits per heavy atom. The van der Waals surface area contributed by atoms with E-state index in [0.717, 1.165) is 24.1 Å². The van der Waals surface area contributed by atoms with Crippen LogP contribution in [0.1, 0.15) is 40.5 Å². The molecule has 0 radical (unpaired) electrons. The van der Waals surface area contributed by atoms with Crippen LogP contribution in [0.3, 0.4) is 0 Å². The maximum Gasteiger partial charge on any atom is 0.422 e. The zero-order chi connectivity index (χ0) is 19.6. The molecule has 0 saturated carbocycles. The van der Waals surface area contributed by atoms with Crippen LogP contribution in [0.25, 0.3) is 0 Å². The monoisotopic (exact) mass is 381 g/mol. The van der Waals surface area contributed by atoms with Gasteiger partial charge in [0.1, 0.15) is 11.3 Å². The van der Waals surface area contributed by atoms with Crippen LogP contribution in [0.5, 0.6) is 5.75 Å². The molecule has 0 fully saturated rings. The van der Waals surface area contributed by atoms with Gasteiger partial charge < -0.3 is 20.8 Å². The van der Waals surface area contributed by atoms with Gasteiger partial charge in [0, 0.05) is 17.4 Å². The number of alkyl halides is 3. The lowest BCUT2D eigenvalue weighted by Crippen LogP contribution is -2.28. The van der Waals surface area contributed by atoms with Crippen molar-refractivity contribution in [2.75, 3.05) is 11.9 Å². The molecule has 9 heteroatoms. The molecule has 3 rings (SSSR count). The summed E-state index contributed by atoms with van der Waals surface area (Å²) in [6.07, 6.45) is -2.22. The summed E-state index contributed by atoms with van der Waals surface area (Å²) in [5.41, 5.74) is 6.64. The summed E-state index contributed by atoms with van der Waals surface area (Å²) < 4.78 is 41.7. The van der Waals surface area contributed by atoms with Crippen LogP contribution in [-0.2, 0) is 6.42 Å². The SMILES string of the molecule is NC(=O)c1cc2c([nH]c1=O)CCC[C@@H]2Nc1cccc(OCC(F)(F)F)c1. The molecule has 27 heavy (non-hydrogen) atoms. The van der Waals surface area contributed by atoms with E-state index in [4.69, 9.17) is 10.5 Å². The van der Waals surface area contributed by atoms with Gasteiger partial charge in [0.15, 0.2) is 6.61 Å². The first-order chi connectivity index (χ1) is 12.7. The number of carbonyl (C=O) groups is 1. The van der Waals surface area contributed by atoms with Crippen molar-refractivity contribution in [3.63, 3.8) is 0 Å². The molecule has 1 aromatic heterocycles. The highest BCUT2D eigenvalue weighted by Crippen LogP contribution is 2.32. The predicted molar refractivity (Wildman–Crippen MR) is 92.9 cm³/mol. The number of hydrogen-bond acceptors (Lipinski definition) is 4. The average Bonchev–Trinajstić information content (AvgIpc) is 2.59. The molecule has 1 amide bonds. The van der Waals surface area contributed by atoms with Crippen LogP contribution >= 0.6 is 0 Å². The Morgan fingerprint density at radius 3 is 2.81 bits per heavy atom. The number of aromatic amines is 1. The standard InChI is InChI=1S/C18H18F3N3O3/c19-18(20,21)9-27-11-4-1-3-10(7-11)23-14-5-2-6-15-12(14)8-13(16(22)25)17(26)24-15/h1,3-4,7-8,14,23H,2,5-6,9H2,(H2,22,25)(H,24,26)/t14-/m0/s1. The average molecular weight is 381 g/mol. The van der Waals surface area contributed by atoms with E-state index in [1.54, 1.807) is 12.1 Å². The minimum atomic E-state index is -4.41. The number of aryl methyl sites for hydroxylation is 1. The molecule has 4 N–H and O–H groups in total. The minimum absolute atomic E-state index is 0.0904. The number of rotatable bonds is 5. The van der Waals surface area contributed by atoms with Gasteiger partial charge in [0.25, 0.3) is 11.5 Å². The fraction of sp³-hybridized carbons (Fsp3) is 0.333. The highest BCUT2D eigenvalue weighted by atomic mass is 19.4. The quantitative estimate of drug-likeness (QED) is 0.742. The Bertz CT molecular complexity index is 909. The van der Waals surface area contributed by atoms with Crippen molar-refractivity contribution >= 4 is 11.6 Å². The Kier molecular flexibility index (Phi) is 5.11. The number of halogens is 3. The third-order valence-corrected chi connectivity index (χ3v) is 4.30. The van der Waals surface area contributed by atoms with Gasteiger partial charge in [-0.25, -0.2) is 0 Å². The number of nitrogens with two attached hydrogens (primary N) is 1. The lowest BCUT2D eigenvalue weighted by atomic mass is 9.90. The summed E-state index contributed by atoms with van der Waals surface area (Å²) in [7, 11) is 0. The molecule has 0 aliphatic heterocycles. The van der Waals surface area contributed by atoms with E-state index in [-0.39, 0.29) is 17.4 Å². The van der Waals surface area contributed by atoms with Crippen LogP contribution in [0, 0.1) is 0 Å². The number of anilines is 1. The number of carbonyl (C=O) groups excluding carboxylic acids is 1.